The lowest BCUT2D eigenvalue weighted by Crippen LogP contribution is -2.13. The molecule has 0 spiro atoms. The van der Waals surface area contributed by atoms with Crippen LogP contribution in [0.2, 0.25) is 0 Å². The van der Waals surface area contributed by atoms with Crippen molar-refractivity contribution < 1.29 is 14.3 Å². The molecule has 1 aromatic carbocycles. The summed E-state index contributed by atoms with van der Waals surface area (Å²) in [4.78, 5) is 11.3. The average molecular weight is 586 g/mol. The standard InChI is InChI=1S/C12H13I3O3/c1-2-3-18-12(16)7-17-6-9-10(14)4-8(13)5-11(9)15/h4-5H,2-3,6-7H2,1H3. The fourth-order valence-electron chi connectivity index (χ4n) is 1.20. The summed E-state index contributed by atoms with van der Waals surface area (Å²) in [5.41, 5.74) is 1.12. The monoisotopic (exact) mass is 586 g/mol. The van der Waals surface area contributed by atoms with E-state index in [4.69, 9.17) is 9.47 Å². The van der Waals surface area contributed by atoms with Gasteiger partial charge in [-0.15, -0.1) is 0 Å². The first-order chi connectivity index (χ1) is 8.54. The number of hydrogen-bond donors (Lipinski definition) is 0. The van der Waals surface area contributed by atoms with Crippen LogP contribution < -0.4 is 0 Å². The highest BCUT2D eigenvalue weighted by Crippen LogP contribution is 2.23. The van der Waals surface area contributed by atoms with E-state index in [1.165, 1.54) is 3.57 Å². The van der Waals surface area contributed by atoms with Crippen LogP contribution in [0.4, 0.5) is 0 Å². The second kappa shape index (κ2) is 8.90. The molecule has 0 radical (unpaired) electrons. The Bertz CT molecular complexity index is 398. The fraction of sp³-hybridized carbons (Fsp3) is 0.417. The van der Waals surface area contributed by atoms with E-state index in [1.807, 2.05) is 6.92 Å². The molecule has 0 amide bonds. The summed E-state index contributed by atoms with van der Waals surface area (Å²) in [6.45, 7) is 2.87. The summed E-state index contributed by atoms with van der Waals surface area (Å²) in [5, 5.41) is 0. The zero-order valence-electron chi connectivity index (χ0n) is 9.84. The minimum atomic E-state index is -0.299. The van der Waals surface area contributed by atoms with Crippen LogP contribution in [0, 0.1) is 10.7 Å². The number of carbonyl (C=O) groups excluding carboxylic acids is 1. The Morgan fingerprint density at radius 2 is 1.83 bits per heavy atom. The van der Waals surface area contributed by atoms with Gasteiger partial charge in [0.05, 0.1) is 13.2 Å². The first kappa shape index (κ1) is 16.9. The van der Waals surface area contributed by atoms with Crippen molar-refractivity contribution in [3.05, 3.63) is 28.4 Å². The lowest BCUT2D eigenvalue weighted by molar-refractivity contribution is -0.149. The zero-order chi connectivity index (χ0) is 13.5. The topological polar surface area (TPSA) is 35.5 Å². The number of benzene rings is 1. The van der Waals surface area contributed by atoms with Gasteiger partial charge in [0.15, 0.2) is 0 Å². The molecule has 6 heteroatoms. The largest absolute Gasteiger partial charge is 0.464 e. The SMILES string of the molecule is CCCOC(=O)COCc1c(I)cc(I)cc1I. The third-order valence-electron chi connectivity index (χ3n) is 2.04. The molecule has 18 heavy (non-hydrogen) atoms. The van der Waals surface area contributed by atoms with Crippen LogP contribution in [0.3, 0.4) is 0 Å². The third-order valence-corrected chi connectivity index (χ3v) is 4.59. The molecule has 0 bridgehead atoms. The number of halogens is 3. The number of rotatable bonds is 6. The highest BCUT2D eigenvalue weighted by molar-refractivity contribution is 14.1. The van der Waals surface area contributed by atoms with Gasteiger partial charge in [0.25, 0.3) is 0 Å². The summed E-state index contributed by atoms with van der Waals surface area (Å²) < 4.78 is 13.9. The molecule has 0 saturated carbocycles. The van der Waals surface area contributed by atoms with Crippen LogP contribution in [0.15, 0.2) is 12.1 Å². The fourth-order valence-corrected chi connectivity index (χ4v) is 5.10. The molecule has 0 fully saturated rings. The van der Waals surface area contributed by atoms with E-state index >= 15 is 0 Å². The maximum atomic E-state index is 11.3. The van der Waals surface area contributed by atoms with E-state index in [-0.39, 0.29) is 12.6 Å². The van der Waals surface area contributed by atoms with Gasteiger partial charge in [-0.3, -0.25) is 0 Å². The lowest BCUT2D eigenvalue weighted by atomic mass is 10.2. The van der Waals surface area contributed by atoms with E-state index in [1.54, 1.807) is 0 Å². The summed E-state index contributed by atoms with van der Waals surface area (Å²) in [6.07, 6.45) is 0.832. The summed E-state index contributed by atoms with van der Waals surface area (Å²) in [6, 6.07) is 4.19. The highest BCUT2D eigenvalue weighted by atomic mass is 127. The molecule has 0 N–H and O–H groups in total. The molecule has 0 saturated heterocycles. The summed E-state index contributed by atoms with van der Waals surface area (Å²) >= 11 is 6.86. The minimum Gasteiger partial charge on any atom is -0.464 e. The van der Waals surface area contributed by atoms with Crippen molar-refractivity contribution in [1.82, 2.24) is 0 Å². The Hall–Kier alpha value is 0.840. The quantitative estimate of drug-likeness (QED) is 0.375. The second-order valence-electron chi connectivity index (χ2n) is 3.56. The predicted molar refractivity (Wildman–Crippen MR) is 95.5 cm³/mol. The summed E-state index contributed by atoms with van der Waals surface area (Å²) in [5.74, 6) is -0.299. The van der Waals surface area contributed by atoms with Gasteiger partial charge < -0.3 is 9.47 Å². The Kier molecular flexibility index (Phi) is 8.35. The van der Waals surface area contributed by atoms with Crippen molar-refractivity contribution in [2.45, 2.75) is 20.0 Å². The van der Waals surface area contributed by atoms with Gasteiger partial charge in [-0.2, -0.15) is 0 Å². The predicted octanol–water partition coefficient (Wildman–Crippen LogP) is 3.97. The molecule has 1 rings (SSSR count). The molecule has 0 unspecified atom stereocenters. The molecule has 100 valence electrons. The molecule has 3 nitrogen and oxygen atoms in total. The minimum absolute atomic E-state index is 0.0121. The van der Waals surface area contributed by atoms with Gasteiger partial charge in [-0.05, 0) is 86.3 Å². The number of ether oxygens (including phenoxy) is 2. The van der Waals surface area contributed by atoms with E-state index < -0.39 is 0 Å². The van der Waals surface area contributed by atoms with Gasteiger partial charge in [-0.1, -0.05) is 6.92 Å². The third kappa shape index (κ3) is 5.87. The van der Waals surface area contributed by atoms with Crippen molar-refractivity contribution in [3.63, 3.8) is 0 Å². The molecule has 1 aromatic rings. The number of esters is 1. The van der Waals surface area contributed by atoms with Crippen LogP contribution in [-0.2, 0) is 20.9 Å². The van der Waals surface area contributed by atoms with Crippen molar-refractivity contribution in [2.24, 2.45) is 0 Å². The van der Waals surface area contributed by atoms with Crippen LogP contribution in [0.1, 0.15) is 18.9 Å². The van der Waals surface area contributed by atoms with E-state index in [0.717, 1.165) is 19.1 Å². The molecule has 0 aromatic heterocycles. The summed E-state index contributed by atoms with van der Waals surface area (Å²) in [7, 11) is 0. The Balaban J connectivity index is 2.47. The normalized spacial score (nSPS) is 10.4. The van der Waals surface area contributed by atoms with E-state index in [9.17, 15) is 4.79 Å². The molecule has 0 heterocycles. The highest BCUT2D eigenvalue weighted by Gasteiger charge is 2.08. The number of carbonyl (C=O) groups is 1. The Morgan fingerprint density at radius 1 is 1.22 bits per heavy atom. The van der Waals surface area contributed by atoms with Gasteiger partial charge in [-0.25, -0.2) is 4.79 Å². The average Bonchev–Trinajstić information content (AvgIpc) is 2.29. The van der Waals surface area contributed by atoms with Crippen LogP contribution in [-0.4, -0.2) is 19.2 Å². The molecule has 0 atom stereocenters. The molecular formula is C12H13I3O3. The van der Waals surface area contributed by atoms with Gasteiger partial charge in [0.2, 0.25) is 0 Å². The van der Waals surface area contributed by atoms with Gasteiger partial charge in [0, 0.05) is 16.3 Å². The molecular weight excluding hydrogens is 573 g/mol. The van der Waals surface area contributed by atoms with Crippen LogP contribution >= 0.6 is 67.8 Å². The molecule has 0 aliphatic heterocycles. The van der Waals surface area contributed by atoms with Crippen molar-refractivity contribution >= 4 is 73.7 Å². The first-order valence-electron chi connectivity index (χ1n) is 5.41. The van der Waals surface area contributed by atoms with Crippen LogP contribution in [0.25, 0.3) is 0 Å². The maximum Gasteiger partial charge on any atom is 0.332 e. The Labute approximate surface area is 148 Å². The van der Waals surface area contributed by atoms with E-state index in [0.29, 0.717) is 13.2 Å². The van der Waals surface area contributed by atoms with Crippen LogP contribution in [0.5, 0.6) is 0 Å². The smallest absolute Gasteiger partial charge is 0.332 e. The number of hydrogen-bond acceptors (Lipinski definition) is 3. The maximum absolute atomic E-state index is 11.3. The molecule has 0 aliphatic rings. The second-order valence-corrected chi connectivity index (χ2v) is 7.13. The van der Waals surface area contributed by atoms with Crippen molar-refractivity contribution in [1.29, 1.82) is 0 Å². The Morgan fingerprint density at radius 3 is 2.39 bits per heavy atom. The van der Waals surface area contributed by atoms with Crippen molar-refractivity contribution in [3.8, 4) is 0 Å². The first-order valence-corrected chi connectivity index (χ1v) is 8.65. The lowest BCUT2D eigenvalue weighted by Gasteiger charge is -2.09. The van der Waals surface area contributed by atoms with Gasteiger partial charge in [0.1, 0.15) is 6.61 Å². The molecule has 0 aliphatic carbocycles. The van der Waals surface area contributed by atoms with Crippen molar-refractivity contribution in [2.75, 3.05) is 13.2 Å². The zero-order valence-corrected chi connectivity index (χ0v) is 16.3. The van der Waals surface area contributed by atoms with Gasteiger partial charge >= 0.3 is 5.97 Å². The van der Waals surface area contributed by atoms with E-state index in [2.05, 4.69) is 79.9 Å².